The van der Waals surface area contributed by atoms with E-state index >= 15 is 0 Å². The molecule has 0 aliphatic carbocycles. The summed E-state index contributed by atoms with van der Waals surface area (Å²) in [6.45, 7) is 1.92. The van der Waals surface area contributed by atoms with Crippen molar-refractivity contribution in [2.24, 2.45) is 0 Å². The molecule has 0 aromatic rings. The Balaban J connectivity index is 0. The smallest absolute Gasteiger partial charge is 0.124 e. The molecule has 0 aromatic carbocycles. The van der Waals surface area contributed by atoms with Crippen molar-refractivity contribution in [3.63, 3.8) is 0 Å². The van der Waals surface area contributed by atoms with Gasteiger partial charge in [0.15, 0.2) is 0 Å². The van der Waals surface area contributed by atoms with Crippen molar-refractivity contribution in [1.29, 1.82) is 0 Å². The maximum atomic E-state index is 10.1. The molecule has 0 heterocycles. The van der Waals surface area contributed by atoms with Gasteiger partial charge in [0.25, 0.3) is 0 Å². The Morgan fingerprint density at radius 2 is 1.44 bits per heavy atom. The molecule has 0 saturated carbocycles. The molecule has 0 saturated heterocycles. The van der Waals surface area contributed by atoms with Crippen LogP contribution in [-0.2, 0) is 4.57 Å². The normalized spacial score (nSPS) is 9.89. The number of hydrogen-bond acceptors (Lipinski definition) is 3. The van der Waals surface area contributed by atoms with Crippen LogP contribution in [0.4, 0.5) is 4.20 Å². The van der Waals surface area contributed by atoms with Crippen LogP contribution in [0.2, 0.25) is 0 Å². The Morgan fingerprint density at radius 3 is 1.44 bits per heavy atom. The van der Waals surface area contributed by atoms with Crippen molar-refractivity contribution in [3.05, 3.63) is 0 Å². The van der Waals surface area contributed by atoms with Crippen molar-refractivity contribution in [3.8, 4) is 0 Å². The molecule has 0 radical (unpaired) electrons. The fourth-order valence-corrected chi connectivity index (χ4v) is 0. The van der Waals surface area contributed by atoms with Gasteiger partial charge in [0, 0.05) is 0 Å². The molecule has 0 rings (SSSR count). The largest absolute Gasteiger partial charge is 0.786 e. The summed E-state index contributed by atoms with van der Waals surface area (Å²) < 4.78 is 18.6. The summed E-state index contributed by atoms with van der Waals surface area (Å²) in [5.74, 6) is 0. The first-order valence-corrected chi connectivity index (χ1v) is 3.65. The second kappa shape index (κ2) is 6.12. The number of quaternary nitrogens is 2. The van der Waals surface area contributed by atoms with Crippen LogP contribution in [0.3, 0.4) is 0 Å². The van der Waals surface area contributed by atoms with Crippen LogP contribution in [0.15, 0.2) is 0 Å². The maximum Gasteiger partial charge on any atom is 0.124 e. The van der Waals surface area contributed by atoms with E-state index in [4.69, 9.17) is 14.4 Å². The molecule has 0 atom stereocenters. The van der Waals surface area contributed by atoms with E-state index in [1.165, 1.54) is 0 Å². The molecule has 5 nitrogen and oxygen atoms in total. The van der Waals surface area contributed by atoms with E-state index in [0.29, 0.717) is 0 Å². The minimum absolute atomic E-state index is 0.958. The van der Waals surface area contributed by atoms with Gasteiger partial charge < -0.3 is 25.8 Å². The zero-order chi connectivity index (χ0) is 7.91. The fourth-order valence-electron chi connectivity index (χ4n) is 0. The van der Waals surface area contributed by atoms with Crippen molar-refractivity contribution >= 4 is 7.91 Å². The van der Waals surface area contributed by atoms with E-state index in [0.717, 1.165) is 13.1 Å². The third-order valence-corrected chi connectivity index (χ3v) is 0.250. The minimum atomic E-state index is -5.64. The molecule has 0 aliphatic heterocycles. The summed E-state index contributed by atoms with van der Waals surface area (Å²) >= 11 is 0. The first-order valence-electron chi connectivity index (χ1n) is 2.22. The predicted octanol–water partition coefficient (Wildman–Crippen LogP) is -3.75. The van der Waals surface area contributed by atoms with Gasteiger partial charge in [0.1, 0.15) is 21.0 Å². The average molecular weight is 160 g/mol. The van der Waals surface area contributed by atoms with Crippen LogP contribution < -0.4 is 21.3 Å². The Kier molecular flexibility index (Phi) is 8.00. The van der Waals surface area contributed by atoms with Crippen molar-refractivity contribution in [2.75, 3.05) is 13.1 Å². The number of halogens is 1. The van der Waals surface area contributed by atoms with Crippen LogP contribution in [-0.4, -0.2) is 13.1 Å². The first-order chi connectivity index (χ1) is 3.91. The Labute approximate surface area is 52.1 Å². The molecule has 0 aliphatic rings. The van der Waals surface area contributed by atoms with Gasteiger partial charge in [0.05, 0.1) is 0 Å². The zero-order valence-electron chi connectivity index (χ0n) is 4.88. The molecule has 7 heteroatoms. The molecule has 0 fully saturated rings. The van der Waals surface area contributed by atoms with Crippen molar-refractivity contribution < 1.29 is 30.0 Å². The molecular formula is C2H10FN2O3P. The molecule has 0 aromatic heterocycles. The Bertz CT molecular complexity index is 83.5. The van der Waals surface area contributed by atoms with Gasteiger partial charge >= 0.3 is 0 Å². The first kappa shape index (κ1) is 11.8. The van der Waals surface area contributed by atoms with E-state index in [1.807, 2.05) is 0 Å². The van der Waals surface area contributed by atoms with Gasteiger partial charge in [-0.3, -0.25) is 0 Å². The second-order valence-electron chi connectivity index (χ2n) is 1.14. The summed E-state index contributed by atoms with van der Waals surface area (Å²) in [4.78, 5) is 16.9. The lowest BCUT2D eigenvalue weighted by Crippen LogP contribution is -2.64. The van der Waals surface area contributed by atoms with Gasteiger partial charge in [-0.2, -0.15) is 0 Å². The molecule has 0 spiro atoms. The summed E-state index contributed by atoms with van der Waals surface area (Å²) in [5.41, 5.74) is 7.08. The van der Waals surface area contributed by atoms with E-state index in [1.54, 1.807) is 0 Å². The predicted molar refractivity (Wildman–Crippen MR) is 24.2 cm³/mol. The SMILES string of the molecule is O=P([O-])([O-])F.[NH3+]CC[NH3+]. The van der Waals surface area contributed by atoms with E-state index in [9.17, 15) is 4.20 Å². The van der Waals surface area contributed by atoms with Gasteiger partial charge in [-0.25, -0.2) is 4.20 Å². The standard InChI is InChI=1S/C2H8N2.FH2O3P/c3-1-2-4;1-5(2,3)4/h1-4H2;(H2,2,3,4). The lowest BCUT2D eigenvalue weighted by atomic mass is 10.7. The van der Waals surface area contributed by atoms with Crippen LogP contribution in [0, 0.1) is 0 Å². The number of hydrogen-bond donors (Lipinski definition) is 2. The highest BCUT2D eigenvalue weighted by molar-refractivity contribution is 7.42. The minimum Gasteiger partial charge on any atom is -0.786 e. The highest BCUT2D eigenvalue weighted by Crippen LogP contribution is 2.22. The average Bonchev–Trinajstić information content (AvgIpc) is 1.61. The highest BCUT2D eigenvalue weighted by Gasteiger charge is 1.69. The topological polar surface area (TPSA) is 118 Å². The van der Waals surface area contributed by atoms with E-state index < -0.39 is 7.91 Å². The molecule has 9 heavy (non-hydrogen) atoms. The quantitative estimate of drug-likeness (QED) is 0.383. The van der Waals surface area contributed by atoms with Crippen molar-refractivity contribution in [1.82, 2.24) is 0 Å². The van der Waals surface area contributed by atoms with E-state index in [2.05, 4.69) is 11.5 Å². The molecule has 0 unspecified atom stereocenters. The lowest BCUT2D eigenvalue weighted by molar-refractivity contribution is -0.453. The van der Waals surface area contributed by atoms with Crippen LogP contribution in [0.1, 0.15) is 0 Å². The van der Waals surface area contributed by atoms with Gasteiger partial charge in [-0.15, -0.1) is 0 Å². The number of rotatable bonds is 1. The highest BCUT2D eigenvalue weighted by atomic mass is 31.2. The Hall–Kier alpha value is -0.0000000000000000416. The maximum absolute atomic E-state index is 10.1. The molecule has 58 valence electrons. The van der Waals surface area contributed by atoms with Crippen molar-refractivity contribution in [2.45, 2.75) is 0 Å². The van der Waals surface area contributed by atoms with Crippen LogP contribution >= 0.6 is 7.91 Å². The van der Waals surface area contributed by atoms with E-state index in [-0.39, 0.29) is 0 Å². The molecular weight excluding hydrogens is 150 g/mol. The van der Waals surface area contributed by atoms with Gasteiger partial charge in [-0.1, -0.05) is 0 Å². The summed E-state index contributed by atoms with van der Waals surface area (Å²) in [6.07, 6.45) is 0. The van der Waals surface area contributed by atoms with Crippen LogP contribution in [0.5, 0.6) is 0 Å². The molecule has 0 bridgehead atoms. The van der Waals surface area contributed by atoms with Gasteiger partial charge in [-0.05, 0) is 0 Å². The van der Waals surface area contributed by atoms with Gasteiger partial charge in [0.2, 0.25) is 0 Å². The Morgan fingerprint density at radius 1 is 1.33 bits per heavy atom. The fraction of sp³-hybridized carbons (Fsp3) is 1.00. The second-order valence-corrected chi connectivity index (χ2v) is 2.00. The van der Waals surface area contributed by atoms with Crippen LogP contribution in [0.25, 0.3) is 0 Å². The monoisotopic (exact) mass is 160 g/mol. The summed E-state index contributed by atoms with van der Waals surface area (Å²) in [6, 6.07) is 0. The molecule has 6 N–H and O–H groups in total. The molecule has 0 amide bonds. The summed E-state index contributed by atoms with van der Waals surface area (Å²) in [7, 11) is -5.64. The zero-order valence-corrected chi connectivity index (χ0v) is 5.77. The third kappa shape index (κ3) is 288. The summed E-state index contributed by atoms with van der Waals surface area (Å²) in [5, 5.41) is 0. The third-order valence-electron chi connectivity index (χ3n) is 0.250. The lowest BCUT2D eigenvalue weighted by Gasteiger charge is -2.15.